The van der Waals surface area contributed by atoms with Gasteiger partial charge in [0.25, 0.3) is 0 Å². The van der Waals surface area contributed by atoms with Gasteiger partial charge in [-0.2, -0.15) is 0 Å². The van der Waals surface area contributed by atoms with Gasteiger partial charge in [-0.25, -0.2) is 0 Å². The van der Waals surface area contributed by atoms with E-state index in [9.17, 15) is 4.79 Å². The Hall–Kier alpha value is -1.35. The number of hydrogen-bond donors (Lipinski definition) is 1. The molecule has 1 aromatic rings. The molecular weight excluding hydrogens is 224 g/mol. The lowest BCUT2D eigenvalue weighted by Gasteiger charge is -2.28. The molecule has 1 atom stereocenters. The molecule has 0 aromatic heterocycles. The minimum absolute atomic E-state index is 0.129. The van der Waals surface area contributed by atoms with Crippen molar-refractivity contribution in [3.8, 4) is 0 Å². The lowest BCUT2D eigenvalue weighted by atomic mass is 9.97. The second-order valence-electron chi connectivity index (χ2n) is 5.47. The fraction of sp³-hybridized carbons (Fsp3) is 0.533. The van der Waals surface area contributed by atoms with Crippen LogP contribution in [0.2, 0.25) is 0 Å². The van der Waals surface area contributed by atoms with E-state index < -0.39 is 0 Å². The Morgan fingerprint density at radius 3 is 2.56 bits per heavy atom. The van der Waals surface area contributed by atoms with E-state index in [-0.39, 0.29) is 11.8 Å². The molecule has 1 amide bonds. The summed E-state index contributed by atoms with van der Waals surface area (Å²) in [5.74, 6) is 0.288. The van der Waals surface area contributed by atoms with Crippen molar-refractivity contribution in [3.05, 3.63) is 29.3 Å². The molecule has 1 saturated heterocycles. The van der Waals surface area contributed by atoms with Crippen molar-refractivity contribution in [2.75, 3.05) is 25.5 Å². The molecule has 0 aliphatic carbocycles. The standard InChI is InChI=1S/C15H22N2O/c1-11-7-12(2)9-14(8-11)16-15(18)13-5-4-6-17(3)10-13/h7-9,13H,4-6,10H2,1-3H3,(H,16,18)/t13-/m1/s1. The maximum absolute atomic E-state index is 12.2. The summed E-state index contributed by atoms with van der Waals surface area (Å²) in [6, 6.07) is 6.17. The van der Waals surface area contributed by atoms with Gasteiger partial charge in [0.15, 0.2) is 0 Å². The van der Waals surface area contributed by atoms with Crippen molar-refractivity contribution < 1.29 is 4.79 Å². The molecule has 18 heavy (non-hydrogen) atoms. The van der Waals surface area contributed by atoms with Crippen LogP contribution in [0, 0.1) is 19.8 Å². The molecule has 1 N–H and O–H groups in total. The van der Waals surface area contributed by atoms with Gasteiger partial charge in [-0.15, -0.1) is 0 Å². The summed E-state index contributed by atoms with van der Waals surface area (Å²) in [6.45, 7) is 6.08. The Balaban J connectivity index is 2.02. The second kappa shape index (κ2) is 5.53. The molecule has 0 saturated carbocycles. The highest BCUT2D eigenvalue weighted by molar-refractivity contribution is 5.92. The lowest BCUT2D eigenvalue weighted by molar-refractivity contribution is -0.121. The van der Waals surface area contributed by atoms with Crippen LogP contribution in [0.1, 0.15) is 24.0 Å². The van der Waals surface area contributed by atoms with Gasteiger partial charge in [-0.1, -0.05) is 6.07 Å². The average molecular weight is 246 g/mol. The fourth-order valence-electron chi connectivity index (χ4n) is 2.67. The summed E-state index contributed by atoms with van der Waals surface area (Å²) < 4.78 is 0. The Labute approximate surface area is 109 Å². The number of benzene rings is 1. The molecule has 0 spiro atoms. The van der Waals surface area contributed by atoms with Crippen LogP contribution in [-0.2, 0) is 4.79 Å². The van der Waals surface area contributed by atoms with Crippen molar-refractivity contribution in [2.45, 2.75) is 26.7 Å². The highest BCUT2D eigenvalue weighted by atomic mass is 16.1. The SMILES string of the molecule is Cc1cc(C)cc(NC(=O)[C@@H]2CCCN(C)C2)c1. The normalized spacial score (nSPS) is 20.7. The van der Waals surface area contributed by atoms with Crippen LogP contribution in [0.4, 0.5) is 5.69 Å². The van der Waals surface area contributed by atoms with E-state index in [1.165, 1.54) is 11.1 Å². The van der Waals surface area contributed by atoms with Gasteiger partial charge < -0.3 is 10.2 Å². The summed E-state index contributed by atoms with van der Waals surface area (Å²) in [4.78, 5) is 14.4. The number of rotatable bonds is 2. The van der Waals surface area contributed by atoms with Gasteiger partial charge >= 0.3 is 0 Å². The topological polar surface area (TPSA) is 32.3 Å². The maximum Gasteiger partial charge on any atom is 0.228 e. The number of carbonyl (C=O) groups excluding carboxylic acids is 1. The van der Waals surface area contributed by atoms with Crippen molar-refractivity contribution in [2.24, 2.45) is 5.92 Å². The Morgan fingerprint density at radius 1 is 1.28 bits per heavy atom. The average Bonchev–Trinajstić information content (AvgIpc) is 2.27. The Morgan fingerprint density at radius 2 is 1.94 bits per heavy atom. The third-order valence-corrected chi connectivity index (χ3v) is 3.48. The van der Waals surface area contributed by atoms with E-state index in [2.05, 4.69) is 37.2 Å². The zero-order chi connectivity index (χ0) is 13.1. The molecular formula is C15H22N2O. The van der Waals surface area contributed by atoms with Crippen molar-refractivity contribution in [3.63, 3.8) is 0 Å². The monoisotopic (exact) mass is 246 g/mol. The fourth-order valence-corrected chi connectivity index (χ4v) is 2.67. The lowest BCUT2D eigenvalue weighted by Crippen LogP contribution is -2.38. The van der Waals surface area contributed by atoms with E-state index in [0.717, 1.165) is 31.6 Å². The Kier molecular flexibility index (Phi) is 4.02. The first-order chi connectivity index (χ1) is 8.54. The van der Waals surface area contributed by atoms with Gasteiger partial charge in [-0.05, 0) is 63.5 Å². The van der Waals surface area contributed by atoms with Crippen molar-refractivity contribution in [1.29, 1.82) is 0 Å². The zero-order valence-corrected chi connectivity index (χ0v) is 11.5. The summed E-state index contributed by atoms with van der Waals surface area (Å²) >= 11 is 0. The van der Waals surface area contributed by atoms with Gasteiger partial charge in [0.05, 0.1) is 5.92 Å². The van der Waals surface area contributed by atoms with Gasteiger partial charge in [0.1, 0.15) is 0 Å². The minimum Gasteiger partial charge on any atom is -0.326 e. The van der Waals surface area contributed by atoms with Crippen LogP contribution in [0.3, 0.4) is 0 Å². The Bertz CT molecular complexity index is 422. The summed E-state index contributed by atoms with van der Waals surface area (Å²) in [6.07, 6.45) is 2.11. The number of nitrogens with one attached hydrogen (secondary N) is 1. The van der Waals surface area contributed by atoms with Crippen LogP contribution in [0.15, 0.2) is 18.2 Å². The van der Waals surface area contributed by atoms with Crippen LogP contribution < -0.4 is 5.32 Å². The molecule has 0 radical (unpaired) electrons. The van der Waals surface area contributed by atoms with Crippen molar-refractivity contribution >= 4 is 11.6 Å². The smallest absolute Gasteiger partial charge is 0.228 e. The molecule has 1 aromatic carbocycles. The molecule has 98 valence electrons. The van der Waals surface area contributed by atoms with Crippen molar-refractivity contribution in [1.82, 2.24) is 4.90 Å². The highest BCUT2D eigenvalue weighted by Crippen LogP contribution is 2.19. The predicted molar refractivity (Wildman–Crippen MR) is 74.8 cm³/mol. The molecule has 0 bridgehead atoms. The number of carbonyl (C=O) groups is 1. The molecule has 1 aliphatic heterocycles. The maximum atomic E-state index is 12.2. The number of nitrogens with zero attached hydrogens (tertiary/aromatic N) is 1. The molecule has 1 fully saturated rings. The van der Waals surface area contributed by atoms with E-state index in [1.807, 2.05) is 12.1 Å². The highest BCUT2D eigenvalue weighted by Gasteiger charge is 2.23. The molecule has 3 nitrogen and oxygen atoms in total. The first-order valence-corrected chi connectivity index (χ1v) is 6.62. The van der Waals surface area contributed by atoms with E-state index in [1.54, 1.807) is 0 Å². The van der Waals surface area contributed by atoms with Crippen LogP contribution >= 0.6 is 0 Å². The number of anilines is 1. The van der Waals surface area contributed by atoms with Gasteiger partial charge in [-0.3, -0.25) is 4.79 Å². The number of hydrogen-bond acceptors (Lipinski definition) is 2. The largest absolute Gasteiger partial charge is 0.326 e. The number of likely N-dealkylation sites (tertiary alicyclic amines) is 1. The third-order valence-electron chi connectivity index (χ3n) is 3.48. The van der Waals surface area contributed by atoms with Gasteiger partial charge in [0.2, 0.25) is 5.91 Å². The zero-order valence-electron chi connectivity index (χ0n) is 11.5. The van der Waals surface area contributed by atoms with E-state index in [4.69, 9.17) is 0 Å². The molecule has 2 rings (SSSR count). The molecule has 1 heterocycles. The quantitative estimate of drug-likeness (QED) is 0.870. The third kappa shape index (κ3) is 3.33. The molecule has 3 heteroatoms. The van der Waals surface area contributed by atoms with E-state index >= 15 is 0 Å². The van der Waals surface area contributed by atoms with Crippen LogP contribution in [0.25, 0.3) is 0 Å². The first-order valence-electron chi connectivity index (χ1n) is 6.62. The van der Waals surface area contributed by atoms with Crippen LogP contribution in [-0.4, -0.2) is 30.9 Å². The molecule has 1 aliphatic rings. The summed E-state index contributed by atoms with van der Waals surface area (Å²) in [5, 5.41) is 3.05. The molecule has 0 unspecified atom stereocenters. The summed E-state index contributed by atoms with van der Waals surface area (Å²) in [7, 11) is 2.08. The van der Waals surface area contributed by atoms with E-state index in [0.29, 0.717) is 0 Å². The van der Waals surface area contributed by atoms with Gasteiger partial charge in [0, 0.05) is 12.2 Å². The second-order valence-corrected chi connectivity index (χ2v) is 5.47. The number of aryl methyl sites for hydroxylation is 2. The number of amides is 1. The summed E-state index contributed by atoms with van der Waals surface area (Å²) in [5.41, 5.74) is 3.29. The minimum atomic E-state index is 0.129. The number of piperidine rings is 1. The van der Waals surface area contributed by atoms with Crippen LogP contribution in [0.5, 0.6) is 0 Å². The first kappa shape index (κ1) is 13.1. The predicted octanol–water partition coefficient (Wildman–Crippen LogP) is 2.58.